The summed E-state index contributed by atoms with van der Waals surface area (Å²) >= 11 is 0. The third-order valence-electron chi connectivity index (χ3n) is 3.50. The lowest BCUT2D eigenvalue weighted by Gasteiger charge is -2.32. The van der Waals surface area contributed by atoms with Crippen LogP contribution in [0.3, 0.4) is 0 Å². The Balaban J connectivity index is 2.28. The van der Waals surface area contributed by atoms with Crippen LogP contribution >= 0.6 is 0 Å². The van der Waals surface area contributed by atoms with Crippen LogP contribution in [0.5, 0.6) is 0 Å². The van der Waals surface area contributed by atoms with Gasteiger partial charge in [0.05, 0.1) is 6.61 Å². The molecule has 1 saturated heterocycles. The molecule has 1 aliphatic heterocycles. The molecule has 2 heterocycles. The molecular formula is C15H26FN5O2. The number of aromatic nitrogens is 3. The largest absolute Gasteiger partial charge is 0.372 e. The summed E-state index contributed by atoms with van der Waals surface area (Å²) in [6.07, 6.45) is -0.458. The number of morpholine rings is 1. The molecule has 23 heavy (non-hydrogen) atoms. The smallest absolute Gasteiger partial charge is 0.289 e. The van der Waals surface area contributed by atoms with Crippen molar-refractivity contribution in [1.29, 1.82) is 0 Å². The average molecular weight is 327 g/mol. The maximum Gasteiger partial charge on any atom is 0.289 e. The number of alkyl halides is 1. The van der Waals surface area contributed by atoms with Crippen molar-refractivity contribution in [3.63, 3.8) is 0 Å². The van der Waals surface area contributed by atoms with Crippen LogP contribution in [0.2, 0.25) is 0 Å². The predicted molar refractivity (Wildman–Crippen MR) is 85.4 cm³/mol. The third-order valence-corrected chi connectivity index (χ3v) is 3.50. The van der Waals surface area contributed by atoms with E-state index in [-0.39, 0.29) is 11.9 Å². The summed E-state index contributed by atoms with van der Waals surface area (Å²) in [6.45, 7) is 9.49. The van der Waals surface area contributed by atoms with Crippen LogP contribution in [0.4, 0.5) is 10.3 Å². The maximum atomic E-state index is 12.9. The zero-order valence-electron chi connectivity index (χ0n) is 14.3. The Morgan fingerprint density at radius 3 is 2.74 bits per heavy atom. The molecule has 8 heteroatoms. The molecule has 1 amide bonds. The van der Waals surface area contributed by atoms with Gasteiger partial charge in [0.15, 0.2) is 0 Å². The summed E-state index contributed by atoms with van der Waals surface area (Å²) in [4.78, 5) is 14.3. The van der Waals surface area contributed by atoms with E-state index in [0.29, 0.717) is 43.9 Å². The first-order chi connectivity index (χ1) is 10.9. The van der Waals surface area contributed by atoms with Crippen molar-refractivity contribution < 1.29 is 13.9 Å². The van der Waals surface area contributed by atoms with E-state index in [1.165, 1.54) is 0 Å². The molecule has 0 spiro atoms. The van der Waals surface area contributed by atoms with Crippen molar-refractivity contribution >= 4 is 11.9 Å². The van der Waals surface area contributed by atoms with Crippen LogP contribution in [-0.4, -0.2) is 59.2 Å². The zero-order chi connectivity index (χ0) is 17.0. The van der Waals surface area contributed by atoms with Gasteiger partial charge in [-0.15, -0.1) is 10.2 Å². The van der Waals surface area contributed by atoms with Gasteiger partial charge in [0.25, 0.3) is 5.91 Å². The van der Waals surface area contributed by atoms with Gasteiger partial charge < -0.3 is 15.0 Å². The Labute approximate surface area is 136 Å². The average Bonchev–Trinajstić information content (AvgIpc) is 2.89. The first-order valence-corrected chi connectivity index (χ1v) is 8.09. The maximum absolute atomic E-state index is 12.9. The number of carbonyl (C=O) groups excluding carboxylic acids is 1. The number of hydrogen-bond donors (Lipinski definition) is 1. The van der Waals surface area contributed by atoms with Gasteiger partial charge in [-0.05, 0) is 19.8 Å². The first-order valence-electron chi connectivity index (χ1n) is 8.09. The van der Waals surface area contributed by atoms with Gasteiger partial charge in [-0.2, -0.15) is 0 Å². The number of halogens is 1. The van der Waals surface area contributed by atoms with E-state index >= 15 is 0 Å². The molecule has 2 rings (SSSR count). The fourth-order valence-corrected chi connectivity index (χ4v) is 2.55. The lowest BCUT2D eigenvalue weighted by molar-refractivity contribution is 0.0240. The number of nitrogens with one attached hydrogen (secondary N) is 1. The first kappa shape index (κ1) is 17.7. The van der Waals surface area contributed by atoms with E-state index < -0.39 is 12.8 Å². The SMILES string of the molecule is CC(C)Cn1c(C(=O)NC(C)C)nnc1N1CCOC(CF)C1. The molecule has 1 aromatic rings. The summed E-state index contributed by atoms with van der Waals surface area (Å²) in [7, 11) is 0. The van der Waals surface area contributed by atoms with E-state index in [4.69, 9.17) is 4.74 Å². The van der Waals surface area contributed by atoms with Gasteiger partial charge in [-0.3, -0.25) is 9.36 Å². The number of rotatable bonds is 6. The molecule has 1 aromatic heterocycles. The highest BCUT2D eigenvalue weighted by molar-refractivity contribution is 5.91. The quantitative estimate of drug-likeness (QED) is 0.851. The fourth-order valence-electron chi connectivity index (χ4n) is 2.55. The molecule has 0 radical (unpaired) electrons. The minimum atomic E-state index is -0.532. The van der Waals surface area contributed by atoms with E-state index in [9.17, 15) is 9.18 Å². The van der Waals surface area contributed by atoms with Crippen LogP contribution in [0.15, 0.2) is 0 Å². The Kier molecular flexibility index (Phi) is 5.92. The standard InChI is InChI=1S/C15H26FN5O2/c1-10(2)8-21-13(14(22)17-11(3)4)18-19-15(21)20-5-6-23-12(7-16)9-20/h10-12H,5-9H2,1-4H3,(H,17,22). The van der Waals surface area contributed by atoms with Gasteiger partial charge >= 0.3 is 0 Å². The summed E-state index contributed by atoms with van der Waals surface area (Å²) in [5.41, 5.74) is 0. The molecule has 1 N–H and O–H groups in total. The second kappa shape index (κ2) is 7.72. The van der Waals surface area contributed by atoms with Crippen LogP contribution in [0.25, 0.3) is 0 Å². The molecule has 1 fully saturated rings. The van der Waals surface area contributed by atoms with Crippen LogP contribution in [-0.2, 0) is 11.3 Å². The Bertz CT molecular complexity index is 532. The van der Waals surface area contributed by atoms with Crippen molar-refractivity contribution in [2.75, 3.05) is 31.3 Å². The van der Waals surface area contributed by atoms with Gasteiger partial charge in [0.2, 0.25) is 11.8 Å². The van der Waals surface area contributed by atoms with Gasteiger partial charge in [-0.25, -0.2) is 4.39 Å². The lowest BCUT2D eigenvalue weighted by Crippen LogP contribution is -2.45. The molecule has 7 nitrogen and oxygen atoms in total. The van der Waals surface area contributed by atoms with Crippen molar-refractivity contribution in [1.82, 2.24) is 20.1 Å². The molecule has 0 saturated carbocycles. The Morgan fingerprint density at radius 1 is 1.39 bits per heavy atom. The number of anilines is 1. The highest BCUT2D eigenvalue weighted by Crippen LogP contribution is 2.19. The molecule has 1 atom stereocenters. The molecule has 0 aromatic carbocycles. The molecule has 130 valence electrons. The second-order valence-electron chi connectivity index (χ2n) is 6.55. The fraction of sp³-hybridized carbons (Fsp3) is 0.800. The van der Waals surface area contributed by atoms with Crippen molar-refractivity contribution in [3.05, 3.63) is 5.82 Å². The topological polar surface area (TPSA) is 72.3 Å². The Morgan fingerprint density at radius 2 is 2.13 bits per heavy atom. The number of carbonyl (C=O) groups is 1. The minimum Gasteiger partial charge on any atom is -0.372 e. The van der Waals surface area contributed by atoms with E-state index in [1.54, 1.807) is 0 Å². The number of amides is 1. The summed E-state index contributed by atoms with van der Waals surface area (Å²) < 4.78 is 20.1. The summed E-state index contributed by atoms with van der Waals surface area (Å²) in [5, 5.41) is 11.1. The molecule has 0 bridgehead atoms. The molecule has 0 aliphatic carbocycles. The highest BCUT2D eigenvalue weighted by atomic mass is 19.1. The number of nitrogens with zero attached hydrogens (tertiary/aromatic N) is 4. The molecule has 1 aliphatic rings. The van der Waals surface area contributed by atoms with E-state index in [1.807, 2.05) is 23.3 Å². The summed E-state index contributed by atoms with van der Waals surface area (Å²) in [5.74, 6) is 0.989. The lowest BCUT2D eigenvalue weighted by atomic mass is 10.2. The zero-order valence-corrected chi connectivity index (χ0v) is 14.3. The predicted octanol–water partition coefficient (Wildman–Crippen LogP) is 1.25. The number of ether oxygens (including phenoxy) is 1. The van der Waals surface area contributed by atoms with Gasteiger partial charge in [0, 0.05) is 25.7 Å². The van der Waals surface area contributed by atoms with Gasteiger partial charge in [0.1, 0.15) is 12.8 Å². The van der Waals surface area contributed by atoms with E-state index in [0.717, 1.165) is 0 Å². The van der Waals surface area contributed by atoms with Crippen molar-refractivity contribution in [2.45, 2.75) is 46.4 Å². The Hall–Kier alpha value is -1.70. The molecule has 1 unspecified atom stereocenters. The van der Waals surface area contributed by atoms with Crippen LogP contribution in [0, 0.1) is 5.92 Å². The highest BCUT2D eigenvalue weighted by Gasteiger charge is 2.27. The van der Waals surface area contributed by atoms with E-state index in [2.05, 4.69) is 29.4 Å². The van der Waals surface area contributed by atoms with Gasteiger partial charge in [-0.1, -0.05) is 13.8 Å². The monoisotopic (exact) mass is 327 g/mol. The number of hydrogen-bond acceptors (Lipinski definition) is 5. The normalized spacial score (nSPS) is 18.7. The van der Waals surface area contributed by atoms with Crippen molar-refractivity contribution in [2.24, 2.45) is 5.92 Å². The minimum absolute atomic E-state index is 0.0226. The molecular weight excluding hydrogens is 301 g/mol. The second-order valence-corrected chi connectivity index (χ2v) is 6.55. The third kappa shape index (κ3) is 4.40. The van der Waals surface area contributed by atoms with Crippen LogP contribution < -0.4 is 10.2 Å². The summed E-state index contributed by atoms with van der Waals surface area (Å²) in [6, 6.07) is 0.0226. The van der Waals surface area contributed by atoms with Crippen molar-refractivity contribution in [3.8, 4) is 0 Å². The van der Waals surface area contributed by atoms with Crippen LogP contribution in [0.1, 0.15) is 38.3 Å².